The standard InChI is InChI=1S/C11H14F3N5O2/c1-2-10(5-20,6-21)15-7-3-4-8-16-17-9(11(12,13)14)19(8)18-7/h3-4,20-21H,2,5-6H2,1H3,(H,15,18). The van der Waals surface area contributed by atoms with Crippen LogP contribution >= 0.6 is 0 Å². The summed E-state index contributed by atoms with van der Waals surface area (Å²) in [6.07, 6.45) is -4.32. The molecule has 7 nitrogen and oxygen atoms in total. The molecule has 0 unspecified atom stereocenters. The molecule has 2 heterocycles. The highest BCUT2D eigenvalue weighted by atomic mass is 19.4. The highest BCUT2D eigenvalue weighted by molar-refractivity contribution is 5.45. The van der Waals surface area contributed by atoms with Crippen molar-refractivity contribution < 1.29 is 23.4 Å². The van der Waals surface area contributed by atoms with Gasteiger partial charge in [-0.2, -0.15) is 17.7 Å². The summed E-state index contributed by atoms with van der Waals surface area (Å²) in [4.78, 5) is 0. The van der Waals surface area contributed by atoms with Gasteiger partial charge in [0.25, 0.3) is 5.82 Å². The monoisotopic (exact) mass is 305 g/mol. The van der Waals surface area contributed by atoms with Gasteiger partial charge in [-0.15, -0.1) is 15.3 Å². The van der Waals surface area contributed by atoms with E-state index in [2.05, 4.69) is 20.6 Å². The fraction of sp³-hybridized carbons (Fsp3) is 0.545. The molecule has 2 rings (SSSR count). The minimum Gasteiger partial charge on any atom is -0.394 e. The van der Waals surface area contributed by atoms with Gasteiger partial charge in [0.1, 0.15) is 5.82 Å². The second-order valence-electron chi connectivity index (χ2n) is 4.59. The molecule has 0 amide bonds. The van der Waals surface area contributed by atoms with E-state index in [1.54, 1.807) is 6.92 Å². The first-order valence-electron chi connectivity index (χ1n) is 6.15. The molecule has 0 aliphatic carbocycles. The van der Waals surface area contributed by atoms with Crippen molar-refractivity contribution in [1.29, 1.82) is 0 Å². The highest BCUT2D eigenvalue weighted by Gasteiger charge is 2.38. The number of nitrogens with one attached hydrogen (secondary N) is 1. The Labute approximate surface area is 117 Å². The van der Waals surface area contributed by atoms with Gasteiger partial charge >= 0.3 is 6.18 Å². The first kappa shape index (κ1) is 15.4. The summed E-state index contributed by atoms with van der Waals surface area (Å²) in [5.41, 5.74) is -1.12. The Morgan fingerprint density at radius 3 is 2.38 bits per heavy atom. The van der Waals surface area contributed by atoms with Gasteiger partial charge in [-0.3, -0.25) is 0 Å². The number of hydrogen-bond donors (Lipinski definition) is 3. The lowest BCUT2D eigenvalue weighted by Crippen LogP contribution is -2.45. The van der Waals surface area contributed by atoms with Gasteiger partial charge in [-0.05, 0) is 18.6 Å². The molecule has 0 saturated carbocycles. The molecule has 0 aliphatic rings. The largest absolute Gasteiger partial charge is 0.453 e. The van der Waals surface area contributed by atoms with Crippen molar-refractivity contribution in [2.45, 2.75) is 25.1 Å². The Hall–Kier alpha value is -1.94. The zero-order valence-electron chi connectivity index (χ0n) is 11.1. The molecule has 116 valence electrons. The number of anilines is 1. The maximum Gasteiger partial charge on any atom is 0.453 e. The number of aliphatic hydroxyl groups excluding tert-OH is 2. The van der Waals surface area contributed by atoms with E-state index >= 15 is 0 Å². The summed E-state index contributed by atoms with van der Waals surface area (Å²) in [6.45, 7) is 0.930. The summed E-state index contributed by atoms with van der Waals surface area (Å²) in [5, 5.41) is 31.6. The fourth-order valence-corrected chi connectivity index (χ4v) is 1.75. The molecule has 0 spiro atoms. The molecule has 0 radical (unpaired) electrons. The number of aromatic nitrogens is 4. The van der Waals surface area contributed by atoms with E-state index in [0.29, 0.717) is 10.9 Å². The van der Waals surface area contributed by atoms with E-state index in [-0.39, 0.29) is 11.5 Å². The van der Waals surface area contributed by atoms with Crippen LogP contribution in [-0.2, 0) is 6.18 Å². The molecular weight excluding hydrogens is 291 g/mol. The lowest BCUT2D eigenvalue weighted by Gasteiger charge is -2.30. The number of aliphatic hydroxyl groups is 2. The summed E-state index contributed by atoms with van der Waals surface area (Å²) >= 11 is 0. The van der Waals surface area contributed by atoms with Crippen molar-refractivity contribution in [2.75, 3.05) is 18.5 Å². The molecule has 2 aromatic heterocycles. The first-order valence-corrected chi connectivity index (χ1v) is 6.15. The molecule has 0 aliphatic heterocycles. The number of nitrogens with zero attached hydrogens (tertiary/aromatic N) is 4. The van der Waals surface area contributed by atoms with Crippen molar-refractivity contribution >= 4 is 11.5 Å². The zero-order chi connectivity index (χ0) is 15.7. The highest BCUT2D eigenvalue weighted by Crippen LogP contribution is 2.28. The van der Waals surface area contributed by atoms with Crippen molar-refractivity contribution in [2.24, 2.45) is 0 Å². The molecule has 10 heteroatoms. The van der Waals surface area contributed by atoms with Crippen LogP contribution in [0.2, 0.25) is 0 Å². The lowest BCUT2D eigenvalue weighted by molar-refractivity contribution is -0.146. The van der Waals surface area contributed by atoms with E-state index in [1.807, 2.05) is 0 Å². The van der Waals surface area contributed by atoms with Crippen LogP contribution in [0.3, 0.4) is 0 Å². The van der Waals surface area contributed by atoms with Gasteiger partial charge < -0.3 is 15.5 Å². The molecule has 0 saturated heterocycles. The minimum atomic E-state index is -4.68. The number of rotatable bonds is 5. The molecular formula is C11H14F3N5O2. The Balaban J connectivity index is 2.43. The van der Waals surface area contributed by atoms with Crippen molar-refractivity contribution in [3.8, 4) is 0 Å². The normalized spacial score (nSPS) is 12.9. The van der Waals surface area contributed by atoms with E-state index in [0.717, 1.165) is 0 Å². The van der Waals surface area contributed by atoms with Crippen molar-refractivity contribution in [3.05, 3.63) is 18.0 Å². The van der Waals surface area contributed by atoms with Crippen LogP contribution in [0.15, 0.2) is 12.1 Å². The van der Waals surface area contributed by atoms with Crippen LogP contribution < -0.4 is 5.32 Å². The Kier molecular flexibility index (Phi) is 4.01. The van der Waals surface area contributed by atoms with Gasteiger partial charge in [-0.1, -0.05) is 6.92 Å². The van der Waals surface area contributed by atoms with Crippen molar-refractivity contribution in [3.63, 3.8) is 0 Å². The van der Waals surface area contributed by atoms with Crippen LogP contribution in [0.4, 0.5) is 19.0 Å². The molecule has 0 atom stereocenters. The molecule has 21 heavy (non-hydrogen) atoms. The summed E-state index contributed by atoms with van der Waals surface area (Å²) in [6, 6.07) is 2.71. The molecule has 0 aromatic carbocycles. The number of halogens is 3. The summed E-state index contributed by atoms with van der Waals surface area (Å²) < 4.78 is 38.8. The lowest BCUT2D eigenvalue weighted by atomic mass is 9.98. The smallest absolute Gasteiger partial charge is 0.394 e. The predicted molar refractivity (Wildman–Crippen MR) is 66.6 cm³/mol. The van der Waals surface area contributed by atoms with Gasteiger partial charge in [-0.25, -0.2) is 0 Å². The van der Waals surface area contributed by atoms with E-state index < -0.39 is 30.8 Å². The van der Waals surface area contributed by atoms with Gasteiger partial charge in [0.15, 0.2) is 5.65 Å². The van der Waals surface area contributed by atoms with Crippen LogP contribution in [0.1, 0.15) is 19.2 Å². The van der Waals surface area contributed by atoms with Gasteiger partial charge in [0.2, 0.25) is 0 Å². The molecule has 3 N–H and O–H groups in total. The Morgan fingerprint density at radius 2 is 1.86 bits per heavy atom. The summed E-state index contributed by atoms with van der Waals surface area (Å²) in [7, 11) is 0. The third-order valence-electron chi connectivity index (χ3n) is 3.19. The first-order chi connectivity index (χ1) is 9.85. The average molecular weight is 305 g/mol. The molecule has 0 fully saturated rings. The SMILES string of the molecule is CCC(CO)(CO)Nc1ccc2nnc(C(F)(F)F)n2n1. The minimum absolute atomic E-state index is 0.0528. The maximum atomic E-state index is 12.8. The number of alkyl halides is 3. The third-order valence-corrected chi connectivity index (χ3v) is 3.19. The van der Waals surface area contributed by atoms with E-state index in [4.69, 9.17) is 0 Å². The molecule has 2 aromatic rings. The van der Waals surface area contributed by atoms with Crippen LogP contribution in [0.5, 0.6) is 0 Å². The second-order valence-corrected chi connectivity index (χ2v) is 4.59. The predicted octanol–water partition coefficient (Wildman–Crippen LogP) is 0.688. The number of hydrogen-bond acceptors (Lipinski definition) is 6. The topological polar surface area (TPSA) is 95.6 Å². The van der Waals surface area contributed by atoms with Gasteiger partial charge in [0.05, 0.1) is 18.8 Å². The fourth-order valence-electron chi connectivity index (χ4n) is 1.75. The van der Waals surface area contributed by atoms with Gasteiger partial charge in [0, 0.05) is 0 Å². The average Bonchev–Trinajstić information content (AvgIpc) is 2.88. The van der Waals surface area contributed by atoms with Crippen LogP contribution in [0, 0.1) is 0 Å². The van der Waals surface area contributed by atoms with E-state index in [1.165, 1.54) is 12.1 Å². The maximum absolute atomic E-state index is 12.8. The Bertz CT molecular complexity index is 616. The molecule has 0 bridgehead atoms. The summed E-state index contributed by atoms with van der Waals surface area (Å²) in [5.74, 6) is -1.17. The third kappa shape index (κ3) is 2.90. The second kappa shape index (κ2) is 5.45. The zero-order valence-corrected chi connectivity index (χ0v) is 11.1. The van der Waals surface area contributed by atoms with Crippen LogP contribution in [0.25, 0.3) is 5.65 Å². The Morgan fingerprint density at radius 1 is 1.19 bits per heavy atom. The van der Waals surface area contributed by atoms with Crippen LogP contribution in [-0.4, -0.2) is 48.8 Å². The van der Waals surface area contributed by atoms with E-state index in [9.17, 15) is 23.4 Å². The number of fused-ring (bicyclic) bond motifs is 1. The quantitative estimate of drug-likeness (QED) is 0.752. The van der Waals surface area contributed by atoms with Crippen molar-refractivity contribution in [1.82, 2.24) is 19.8 Å².